The molecule has 0 radical (unpaired) electrons. The summed E-state index contributed by atoms with van der Waals surface area (Å²) < 4.78 is 6.92. The summed E-state index contributed by atoms with van der Waals surface area (Å²) in [6, 6.07) is 8.19. The zero-order valence-corrected chi connectivity index (χ0v) is 14.5. The number of aromatic nitrogens is 5. The molecule has 0 aliphatic rings. The number of rotatable bonds is 3. The number of nitrogens with zero attached hydrogens (tertiary/aromatic N) is 5. The fourth-order valence-corrected chi connectivity index (χ4v) is 3.35. The van der Waals surface area contributed by atoms with Crippen molar-refractivity contribution < 1.29 is 4.57 Å². The molecule has 0 saturated carbocycles. The van der Waals surface area contributed by atoms with Crippen LogP contribution in [0.25, 0.3) is 11.5 Å². The molecule has 0 fully saturated rings. The highest BCUT2D eigenvalue weighted by molar-refractivity contribution is 9.10. The normalized spacial score (nSPS) is 11.4. The predicted molar refractivity (Wildman–Crippen MR) is 84.8 cm³/mol. The number of aryl methyl sites for hydroxylation is 1. The second-order valence-corrected chi connectivity index (χ2v) is 6.58. The van der Waals surface area contributed by atoms with Gasteiger partial charge in [0.15, 0.2) is 0 Å². The maximum atomic E-state index is 4.65. The number of fused-ring (bicyclic) bond motifs is 1. The highest BCUT2D eigenvalue weighted by Gasteiger charge is 2.27. The van der Waals surface area contributed by atoms with Crippen molar-refractivity contribution in [2.45, 2.75) is 10.3 Å². The van der Waals surface area contributed by atoms with Crippen molar-refractivity contribution in [2.24, 2.45) is 7.05 Å². The van der Waals surface area contributed by atoms with Crippen LogP contribution in [-0.4, -0.2) is 31.9 Å². The van der Waals surface area contributed by atoms with Crippen molar-refractivity contribution in [1.82, 2.24) is 19.4 Å². The van der Waals surface area contributed by atoms with Crippen LogP contribution in [0.5, 0.6) is 0 Å². The topological polar surface area (TPSA) is 39.0 Å². The van der Waals surface area contributed by atoms with Gasteiger partial charge in [0.2, 0.25) is 0 Å². The van der Waals surface area contributed by atoms with E-state index in [2.05, 4.69) is 42.8 Å². The van der Waals surface area contributed by atoms with E-state index in [4.69, 9.17) is 0 Å². The largest absolute Gasteiger partial charge is 0.383 e. The highest BCUT2D eigenvalue weighted by atomic mass is 79.9. The van der Waals surface area contributed by atoms with Gasteiger partial charge in [0.25, 0.3) is 5.16 Å². The minimum Gasteiger partial charge on any atom is -0.179 e. The van der Waals surface area contributed by atoms with Gasteiger partial charge in [-0.1, -0.05) is 49.1 Å². The summed E-state index contributed by atoms with van der Waals surface area (Å²) in [6.07, 6.45) is 4.04. The van der Waals surface area contributed by atoms with E-state index >= 15 is 0 Å². The first-order chi connectivity index (χ1) is 9.65. The Morgan fingerprint density at radius 3 is 2.40 bits per heavy atom. The van der Waals surface area contributed by atoms with Gasteiger partial charge >= 0.3 is 10.9 Å². The number of hydrogen-bond acceptors (Lipinski definition) is 4. The number of thioether (sulfide) groups is 2. The Balaban J connectivity index is 2.32. The van der Waals surface area contributed by atoms with E-state index in [1.807, 2.05) is 40.9 Å². The fraction of sp³-hybridized carbons (Fsp3) is 0.250. The Morgan fingerprint density at radius 2 is 1.80 bits per heavy atom. The van der Waals surface area contributed by atoms with E-state index in [1.54, 1.807) is 23.5 Å². The summed E-state index contributed by atoms with van der Waals surface area (Å²) in [6.45, 7) is 0. The molecule has 0 aliphatic carbocycles. The van der Waals surface area contributed by atoms with Crippen LogP contribution in [0.3, 0.4) is 0 Å². The Bertz CT molecular complexity index is 762. The molecule has 0 amide bonds. The maximum Gasteiger partial charge on any atom is 0.383 e. The Kier molecular flexibility index (Phi) is 3.78. The first-order valence-electron chi connectivity index (χ1n) is 5.87. The third-order valence-electron chi connectivity index (χ3n) is 2.92. The van der Waals surface area contributed by atoms with Gasteiger partial charge in [-0.3, -0.25) is 0 Å². The van der Waals surface area contributed by atoms with Gasteiger partial charge in [0, 0.05) is 9.57 Å². The number of halogens is 1. The van der Waals surface area contributed by atoms with Gasteiger partial charge in [-0.2, -0.15) is 9.25 Å². The molecule has 8 heteroatoms. The van der Waals surface area contributed by atoms with Crippen molar-refractivity contribution >= 4 is 45.2 Å². The molecule has 0 unspecified atom stereocenters. The van der Waals surface area contributed by atoms with Gasteiger partial charge in [-0.25, -0.2) is 0 Å². The predicted octanol–water partition coefficient (Wildman–Crippen LogP) is 2.55. The van der Waals surface area contributed by atoms with Crippen LogP contribution >= 0.6 is 39.5 Å². The molecule has 3 rings (SSSR count). The minimum atomic E-state index is 0.883. The standard InChI is InChI=1S/C12H13BrN5S2/c1-16-12-17(9-6-4-8(13)5-7-9)10(19-2)15-18(12)11(14-16)20-3/h4-7H,1-3H3/q+1. The molecular weight excluding hydrogens is 358 g/mol. The molecule has 0 atom stereocenters. The zero-order chi connectivity index (χ0) is 14.3. The lowest BCUT2D eigenvalue weighted by molar-refractivity contribution is -0.613. The third-order valence-corrected chi connectivity index (χ3v) is 4.70. The molecule has 20 heavy (non-hydrogen) atoms. The average Bonchev–Trinajstić information content (AvgIpc) is 2.97. The van der Waals surface area contributed by atoms with E-state index in [0.717, 1.165) is 26.3 Å². The van der Waals surface area contributed by atoms with Gasteiger partial charge in [0.05, 0.1) is 12.7 Å². The molecular formula is C12H13BrN5S2+. The summed E-state index contributed by atoms with van der Waals surface area (Å²) in [5, 5.41) is 11.0. The fourth-order valence-electron chi connectivity index (χ4n) is 2.06. The van der Waals surface area contributed by atoms with E-state index < -0.39 is 0 Å². The lowest BCUT2D eigenvalue weighted by Gasteiger charge is -2.00. The second kappa shape index (κ2) is 5.42. The van der Waals surface area contributed by atoms with Gasteiger partial charge in [-0.05, 0) is 36.8 Å². The van der Waals surface area contributed by atoms with Crippen LogP contribution in [0.4, 0.5) is 0 Å². The lowest BCUT2D eigenvalue weighted by atomic mass is 10.3. The minimum absolute atomic E-state index is 0.883. The van der Waals surface area contributed by atoms with Crippen molar-refractivity contribution in [3.05, 3.63) is 28.7 Å². The van der Waals surface area contributed by atoms with E-state index in [0.29, 0.717) is 0 Å². The van der Waals surface area contributed by atoms with Crippen molar-refractivity contribution in [3.63, 3.8) is 0 Å². The summed E-state index contributed by atoms with van der Waals surface area (Å²) in [5.41, 5.74) is 1.07. The Morgan fingerprint density at radius 1 is 1.10 bits per heavy atom. The first kappa shape index (κ1) is 14.0. The summed E-state index contributed by atoms with van der Waals surface area (Å²) in [7, 11) is 1.94. The smallest absolute Gasteiger partial charge is 0.179 e. The van der Waals surface area contributed by atoms with Crippen LogP contribution in [0, 0.1) is 0 Å². The van der Waals surface area contributed by atoms with Crippen LogP contribution in [0.15, 0.2) is 39.1 Å². The van der Waals surface area contributed by atoms with E-state index in [9.17, 15) is 0 Å². The monoisotopic (exact) mass is 370 g/mol. The van der Waals surface area contributed by atoms with E-state index in [-0.39, 0.29) is 0 Å². The first-order valence-corrected chi connectivity index (χ1v) is 9.11. The number of benzene rings is 1. The summed E-state index contributed by atoms with van der Waals surface area (Å²) >= 11 is 6.68. The zero-order valence-electron chi connectivity index (χ0n) is 11.2. The summed E-state index contributed by atoms with van der Waals surface area (Å²) in [5.74, 6) is 0.945. The molecule has 0 saturated heterocycles. The SMILES string of the molecule is CSc1nn(C)c2n1nc(SC)[n+]2-c1ccc(Br)cc1. The summed E-state index contributed by atoms with van der Waals surface area (Å²) in [4.78, 5) is 0. The van der Waals surface area contributed by atoms with Crippen molar-refractivity contribution in [2.75, 3.05) is 12.5 Å². The Labute approximate surface area is 133 Å². The van der Waals surface area contributed by atoms with Gasteiger partial charge in [-0.15, -0.1) is 0 Å². The van der Waals surface area contributed by atoms with Crippen LogP contribution < -0.4 is 4.57 Å². The molecule has 1 aromatic carbocycles. The molecule has 0 aliphatic heterocycles. The van der Waals surface area contributed by atoms with Gasteiger partial charge < -0.3 is 0 Å². The highest BCUT2D eigenvalue weighted by Crippen LogP contribution is 2.19. The van der Waals surface area contributed by atoms with Crippen molar-refractivity contribution in [3.8, 4) is 5.69 Å². The van der Waals surface area contributed by atoms with Crippen molar-refractivity contribution in [1.29, 1.82) is 0 Å². The quantitative estimate of drug-likeness (QED) is 0.524. The van der Waals surface area contributed by atoms with Crippen LogP contribution in [0.2, 0.25) is 0 Å². The molecule has 2 aromatic heterocycles. The third kappa shape index (κ3) is 2.15. The molecule has 0 N–H and O–H groups in total. The van der Waals surface area contributed by atoms with Crippen LogP contribution in [0.1, 0.15) is 0 Å². The van der Waals surface area contributed by atoms with Gasteiger partial charge in [0.1, 0.15) is 0 Å². The molecule has 2 heterocycles. The average molecular weight is 371 g/mol. The molecule has 5 nitrogen and oxygen atoms in total. The number of hydrogen-bond donors (Lipinski definition) is 0. The Hall–Kier alpha value is -0.990. The molecule has 104 valence electrons. The van der Waals surface area contributed by atoms with E-state index in [1.165, 1.54) is 0 Å². The maximum absolute atomic E-state index is 4.65. The lowest BCUT2D eigenvalue weighted by Crippen LogP contribution is -2.33. The molecule has 0 spiro atoms. The molecule has 0 bridgehead atoms. The molecule has 3 aromatic rings. The second-order valence-electron chi connectivity index (χ2n) is 4.12. The van der Waals surface area contributed by atoms with Crippen LogP contribution in [-0.2, 0) is 7.05 Å².